The first-order valence-electron chi connectivity index (χ1n) is 9.78. The van der Waals surface area contributed by atoms with Crippen LogP contribution in [0.3, 0.4) is 0 Å². The fourth-order valence-electron chi connectivity index (χ4n) is 5.30. The first-order valence-corrected chi connectivity index (χ1v) is 9.78. The summed E-state index contributed by atoms with van der Waals surface area (Å²) in [5.41, 5.74) is 3.03. The van der Waals surface area contributed by atoms with E-state index in [0.29, 0.717) is 12.5 Å². The summed E-state index contributed by atoms with van der Waals surface area (Å²) in [6, 6.07) is 10.3. The Bertz CT molecular complexity index is 891. The minimum Gasteiger partial charge on any atom is -0.335 e. The highest BCUT2D eigenvalue weighted by atomic mass is 16.2. The Labute approximate surface area is 158 Å². The average Bonchev–Trinajstić information content (AvgIpc) is 3.30. The lowest BCUT2D eigenvalue weighted by Crippen LogP contribution is -2.50. The summed E-state index contributed by atoms with van der Waals surface area (Å²) in [7, 11) is 1.99. The topological polar surface area (TPSA) is 58.4 Å². The fourth-order valence-corrected chi connectivity index (χ4v) is 5.30. The second-order valence-corrected chi connectivity index (χ2v) is 8.05. The van der Waals surface area contributed by atoms with Crippen molar-refractivity contribution >= 4 is 11.8 Å². The summed E-state index contributed by atoms with van der Waals surface area (Å²) in [6.07, 6.45) is 5.98. The second-order valence-electron chi connectivity index (χ2n) is 8.05. The normalized spacial score (nSPS) is 26.6. The molecule has 2 saturated heterocycles. The van der Waals surface area contributed by atoms with Gasteiger partial charge in [0.15, 0.2) is 0 Å². The number of aromatic nitrogens is 2. The highest BCUT2D eigenvalue weighted by molar-refractivity contribution is 6.00. The van der Waals surface area contributed by atoms with E-state index in [1.165, 1.54) is 5.69 Å². The number of aryl methyl sites for hydroxylation is 1. The molecule has 0 spiro atoms. The maximum Gasteiger partial charge on any atom is 0.254 e. The minimum atomic E-state index is -0.0175. The molecule has 0 aliphatic carbocycles. The van der Waals surface area contributed by atoms with Crippen LogP contribution in [0.1, 0.15) is 53.2 Å². The lowest BCUT2D eigenvalue weighted by atomic mass is 9.88. The lowest BCUT2D eigenvalue weighted by Gasteiger charge is -2.39. The number of benzene rings is 1. The predicted molar refractivity (Wildman–Crippen MR) is 100 cm³/mol. The molecule has 27 heavy (non-hydrogen) atoms. The smallest absolute Gasteiger partial charge is 0.254 e. The number of amides is 2. The maximum atomic E-state index is 13.1. The number of fused-ring (bicyclic) bond motifs is 3. The number of nitrogens with zero attached hydrogens (tertiary/aromatic N) is 4. The molecule has 3 aliphatic rings. The van der Waals surface area contributed by atoms with Gasteiger partial charge < -0.3 is 9.80 Å². The van der Waals surface area contributed by atoms with Gasteiger partial charge in [-0.3, -0.25) is 14.3 Å². The van der Waals surface area contributed by atoms with Crippen LogP contribution in [-0.4, -0.2) is 50.0 Å². The Balaban J connectivity index is 1.29. The van der Waals surface area contributed by atoms with E-state index in [1.807, 2.05) is 42.2 Å². The molecule has 0 radical (unpaired) electrons. The zero-order valence-electron chi connectivity index (χ0n) is 15.5. The van der Waals surface area contributed by atoms with E-state index in [2.05, 4.69) is 16.1 Å². The van der Waals surface area contributed by atoms with Gasteiger partial charge >= 0.3 is 0 Å². The van der Waals surface area contributed by atoms with Gasteiger partial charge in [0.1, 0.15) is 6.54 Å². The third-order valence-electron chi connectivity index (χ3n) is 6.52. The number of hydrogen-bond acceptors (Lipinski definition) is 3. The van der Waals surface area contributed by atoms with Crippen molar-refractivity contribution in [2.75, 3.05) is 6.54 Å². The lowest BCUT2D eigenvalue weighted by molar-refractivity contribution is -0.136. The third-order valence-corrected chi connectivity index (χ3v) is 6.52. The SMILES string of the molecule is Cn1nccc1C1CC2CCC(C1)N2C(=O)CN1Cc2ccccc2C1=O. The standard InChI is InChI=1S/C21H24N4O2/c1-23-19(8-9-22-23)15-10-16-6-7-17(11-15)25(16)20(26)13-24-12-14-4-2-3-5-18(14)21(24)27/h2-5,8-9,15-17H,6-7,10-13H2,1H3. The fraction of sp³-hybridized carbons (Fsp3) is 0.476. The van der Waals surface area contributed by atoms with Gasteiger partial charge in [-0.1, -0.05) is 18.2 Å². The summed E-state index contributed by atoms with van der Waals surface area (Å²) < 4.78 is 1.96. The molecule has 0 N–H and O–H groups in total. The van der Waals surface area contributed by atoms with E-state index < -0.39 is 0 Å². The molecule has 2 aromatic rings. The molecular formula is C21H24N4O2. The van der Waals surface area contributed by atoms with Crippen LogP contribution in [0.15, 0.2) is 36.5 Å². The summed E-state index contributed by atoms with van der Waals surface area (Å²) in [5.74, 6) is 0.555. The largest absolute Gasteiger partial charge is 0.335 e. The Kier molecular flexibility index (Phi) is 3.81. The molecule has 1 aromatic carbocycles. The van der Waals surface area contributed by atoms with Crippen molar-refractivity contribution in [2.45, 2.75) is 50.2 Å². The number of carbonyl (C=O) groups excluding carboxylic acids is 2. The van der Waals surface area contributed by atoms with E-state index in [0.717, 1.165) is 36.8 Å². The Hall–Kier alpha value is -2.63. The predicted octanol–water partition coefficient (Wildman–Crippen LogP) is 2.31. The molecule has 2 unspecified atom stereocenters. The molecule has 5 rings (SSSR count). The molecule has 2 amide bonds. The van der Waals surface area contributed by atoms with Crippen molar-refractivity contribution in [3.05, 3.63) is 53.3 Å². The van der Waals surface area contributed by atoms with Crippen LogP contribution < -0.4 is 0 Å². The molecule has 1 aromatic heterocycles. The van der Waals surface area contributed by atoms with Crippen molar-refractivity contribution in [1.29, 1.82) is 0 Å². The van der Waals surface area contributed by atoms with Crippen molar-refractivity contribution in [2.24, 2.45) is 7.05 Å². The zero-order valence-corrected chi connectivity index (χ0v) is 15.5. The maximum absolute atomic E-state index is 13.1. The van der Waals surface area contributed by atoms with Crippen LogP contribution in [0.2, 0.25) is 0 Å². The zero-order chi connectivity index (χ0) is 18.5. The molecule has 140 valence electrons. The van der Waals surface area contributed by atoms with E-state index >= 15 is 0 Å². The van der Waals surface area contributed by atoms with E-state index in [4.69, 9.17) is 0 Å². The van der Waals surface area contributed by atoms with E-state index in [1.54, 1.807) is 4.90 Å². The van der Waals surface area contributed by atoms with Crippen LogP contribution in [0, 0.1) is 0 Å². The summed E-state index contributed by atoms with van der Waals surface area (Å²) in [6.45, 7) is 0.735. The minimum absolute atomic E-state index is 0.0175. The molecule has 6 heteroatoms. The monoisotopic (exact) mass is 364 g/mol. The Morgan fingerprint density at radius 2 is 1.89 bits per heavy atom. The van der Waals surface area contributed by atoms with E-state index in [-0.39, 0.29) is 30.4 Å². The first kappa shape index (κ1) is 16.5. The van der Waals surface area contributed by atoms with Crippen molar-refractivity contribution in [3.63, 3.8) is 0 Å². The highest BCUT2D eigenvalue weighted by Crippen LogP contribution is 2.43. The van der Waals surface area contributed by atoms with Gasteiger partial charge in [-0.05, 0) is 43.4 Å². The molecule has 2 atom stereocenters. The van der Waals surface area contributed by atoms with Crippen LogP contribution >= 0.6 is 0 Å². The van der Waals surface area contributed by atoms with Crippen LogP contribution in [0.4, 0.5) is 0 Å². The van der Waals surface area contributed by atoms with Crippen molar-refractivity contribution in [1.82, 2.24) is 19.6 Å². The van der Waals surface area contributed by atoms with Gasteiger partial charge in [0.2, 0.25) is 5.91 Å². The molecular weight excluding hydrogens is 340 g/mol. The van der Waals surface area contributed by atoms with Gasteiger partial charge in [-0.25, -0.2) is 0 Å². The Morgan fingerprint density at radius 3 is 2.56 bits per heavy atom. The summed E-state index contributed by atoms with van der Waals surface area (Å²) in [4.78, 5) is 29.5. The van der Waals surface area contributed by atoms with E-state index in [9.17, 15) is 9.59 Å². The van der Waals surface area contributed by atoms with Crippen molar-refractivity contribution < 1.29 is 9.59 Å². The Morgan fingerprint density at radius 1 is 1.15 bits per heavy atom. The van der Waals surface area contributed by atoms with Gasteiger partial charge in [0.25, 0.3) is 5.91 Å². The highest BCUT2D eigenvalue weighted by Gasteiger charge is 2.44. The van der Waals surface area contributed by atoms with Gasteiger partial charge in [0.05, 0.1) is 0 Å². The quantitative estimate of drug-likeness (QED) is 0.840. The van der Waals surface area contributed by atoms with Gasteiger partial charge in [-0.15, -0.1) is 0 Å². The molecule has 2 fully saturated rings. The number of carbonyl (C=O) groups is 2. The molecule has 2 bridgehead atoms. The van der Waals surface area contributed by atoms with Crippen LogP contribution in [0.5, 0.6) is 0 Å². The van der Waals surface area contributed by atoms with Crippen molar-refractivity contribution in [3.8, 4) is 0 Å². The summed E-state index contributed by atoms with van der Waals surface area (Å²) in [5, 5.41) is 4.30. The second kappa shape index (κ2) is 6.22. The third kappa shape index (κ3) is 2.66. The molecule has 3 aliphatic heterocycles. The number of hydrogen-bond donors (Lipinski definition) is 0. The number of piperidine rings is 1. The van der Waals surface area contributed by atoms with Crippen LogP contribution in [0.25, 0.3) is 0 Å². The summed E-state index contributed by atoms with van der Waals surface area (Å²) >= 11 is 0. The van der Waals surface area contributed by atoms with Crippen LogP contribution in [-0.2, 0) is 18.4 Å². The molecule has 0 saturated carbocycles. The first-order chi connectivity index (χ1) is 13.1. The number of rotatable bonds is 3. The molecule has 6 nitrogen and oxygen atoms in total. The molecule has 4 heterocycles. The average molecular weight is 364 g/mol. The van der Waals surface area contributed by atoms with Gasteiger partial charge in [-0.2, -0.15) is 5.10 Å². The van der Waals surface area contributed by atoms with Gasteiger partial charge in [0, 0.05) is 49.0 Å².